The first kappa shape index (κ1) is 14.8. The van der Waals surface area contributed by atoms with Crippen LogP contribution in [0, 0.1) is 16.0 Å². The molecule has 1 aliphatic heterocycles. The van der Waals surface area contributed by atoms with Crippen molar-refractivity contribution < 1.29 is 9.72 Å². The number of benzene rings is 1. The second-order valence-electron chi connectivity index (χ2n) is 5.20. The van der Waals surface area contributed by atoms with Crippen molar-refractivity contribution in [2.45, 2.75) is 26.2 Å². The molecule has 1 amide bonds. The molecule has 0 saturated heterocycles. The van der Waals surface area contributed by atoms with E-state index in [4.69, 9.17) is 0 Å². The largest absolute Gasteiger partial charge is 0.312 e. The van der Waals surface area contributed by atoms with Crippen LogP contribution in [0.1, 0.15) is 25.3 Å². The van der Waals surface area contributed by atoms with Gasteiger partial charge in [0.1, 0.15) is 0 Å². The minimum Gasteiger partial charge on any atom is -0.312 e. The van der Waals surface area contributed by atoms with E-state index in [1.54, 1.807) is 11.0 Å². The summed E-state index contributed by atoms with van der Waals surface area (Å²) >= 11 is 4.21. The number of rotatable bonds is 6. The molecule has 6 heteroatoms. The van der Waals surface area contributed by atoms with Crippen molar-refractivity contribution in [3.05, 3.63) is 33.9 Å². The number of nitro groups is 1. The third-order valence-corrected chi connectivity index (χ3v) is 3.93. The van der Waals surface area contributed by atoms with Gasteiger partial charge in [0.05, 0.1) is 11.3 Å². The highest BCUT2D eigenvalue weighted by molar-refractivity contribution is 7.80. The molecule has 0 saturated carbocycles. The van der Waals surface area contributed by atoms with Crippen LogP contribution in [0.3, 0.4) is 0 Å². The van der Waals surface area contributed by atoms with Crippen molar-refractivity contribution in [3.63, 3.8) is 0 Å². The van der Waals surface area contributed by atoms with Crippen molar-refractivity contribution in [2.24, 2.45) is 5.92 Å². The van der Waals surface area contributed by atoms with E-state index in [0.717, 1.165) is 29.8 Å². The van der Waals surface area contributed by atoms with Gasteiger partial charge in [-0.3, -0.25) is 14.9 Å². The van der Waals surface area contributed by atoms with Crippen LogP contribution in [0.4, 0.5) is 11.4 Å². The average Bonchev–Trinajstić information content (AvgIpc) is 2.71. The van der Waals surface area contributed by atoms with Crippen LogP contribution in [0.2, 0.25) is 0 Å². The summed E-state index contributed by atoms with van der Waals surface area (Å²) in [5, 5.41) is 10.8. The number of fused-ring (bicyclic) bond motifs is 1. The van der Waals surface area contributed by atoms with E-state index in [1.165, 1.54) is 12.1 Å². The van der Waals surface area contributed by atoms with Crippen LogP contribution in [0.5, 0.6) is 0 Å². The van der Waals surface area contributed by atoms with Gasteiger partial charge in [-0.25, -0.2) is 0 Å². The zero-order valence-corrected chi connectivity index (χ0v) is 12.3. The monoisotopic (exact) mass is 294 g/mol. The standard InChI is InChI=1S/C14H18N2O3S/c1-10(5-7-20)4-6-15-13-3-2-12(16(18)19)8-11(13)9-14(15)17/h2-3,8,10,20H,4-7,9H2,1H3. The summed E-state index contributed by atoms with van der Waals surface area (Å²) in [6.45, 7) is 2.81. The Morgan fingerprint density at radius 2 is 2.20 bits per heavy atom. The van der Waals surface area contributed by atoms with Gasteiger partial charge in [-0.2, -0.15) is 12.6 Å². The Balaban J connectivity index is 2.10. The van der Waals surface area contributed by atoms with Crippen molar-refractivity contribution in [1.82, 2.24) is 0 Å². The van der Waals surface area contributed by atoms with Crippen LogP contribution in [0.25, 0.3) is 0 Å². The van der Waals surface area contributed by atoms with Gasteiger partial charge in [-0.05, 0) is 36.1 Å². The number of carbonyl (C=O) groups is 1. The number of non-ortho nitro benzene ring substituents is 1. The summed E-state index contributed by atoms with van der Waals surface area (Å²) in [5.74, 6) is 1.39. The molecule has 0 aromatic heterocycles. The first-order valence-corrected chi connectivity index (χ1v) is 7.34. The highest BCUT2D eigenvalue weighted by atomic mass is 32.1. The Hall–Kier alpha value is -1.56. The number of carbonyl (C=O) groups excluding carboxylic acids is 1. The minimum absolute atomic E-state index is 0.0265. The fraction of sp³-hybridized carbons (Fsp3) is 0.500. The predicted octanol–water partition coefficient (Wildman–Crippen LogP) is 2.83. The summed E-state index contributed by atoms with van der Waals surface area (Å²) in [4.78, 5) is 24.1. The molecule has 0 N–H and O–H groups in total. The van der Waals surface area contributed by atoms with Crippen molar-refractivity contribution >= 4 is 29.9 Å². The molecule has 0 aliphatic carbocycles. The molecule has 1 heterocycles. The van der Waals surface area contributed by atoms with Gasteiger partial charge in [0.15, 0.2) is 0 Å². The zero-order chi connectivity index (χ0) is 14.7. The van der Waals surface area contributed by atoms with Crippen molar-refractivity contribution in [2.75, 3.05) is 17.2 Å². The van der Waals surface area contributed by atoms with Crippen LogP contribution < -0.4 is 4.90 Å². The van der Waals surface area contributed by atoms with Gasteiger partial charge in [0.2, 0.25) is 5.91 Å². The lowest BCUT2D eigenvalue weighted by atomic mass is 10.0. The number of nitrogens with zero attached hydrogens (tertiary/aromatic N) is 2. The van der Waals surface area contributed by atoms with E-state index < -0.39 is 4.92 Å². The molecule has 20 heavy (non-hydrogen) atoms. The first-order chi connectivity index (χ1) is 9.52. The lowest BCUT2D eigenvalue weighted by Crippen LogP contribution is -2.28. The molecule has 0 radical (unpaired) electrons. The maximum absolute atomic E-state index is 12.0. The molecular weight excluding hydrogens is 276 g/mol. The molecule has 2 rings (SSSR count). The Labute approximate surface area is 123 Å². The molecule has 1 aromatic carbocycles. The third kappa shape index (κ3) is 3.12. The van der Waals surface area contributed by atoms with Gasteiger partial charge in [0, 0.05) is 24.4 Å². The SMILES string of the molecule is CC(CCS)CCN1C(=O)Cc2cc([N+](=O)[O-])ccc21. The maximum Gasteiger partial charge on any atom is 0.269 e. The normalized spacial score (nSPS) is 15.3. The van der Waals surface area contributed by atoms with Crippen molar-refractivity contribution in [1.29, 1.82) is 0 Å². The lowest BCUT2D eigenvalue weighted by molar-refractivity contribution is -0.384. The zero-order valence-electron chi connectivity index (χ0n) is 11.4. The molecular formula is C14H18N2O3S. The molecule has 0 fully saturated rings. The van der Waals surface area contributed by atoms with Crippen LogP contribution in [0.15, 0.2) is 18.2 Å². The summed E-state index contributed by atoms with van der Waals surface area (Å²) in [5.41, 5.74) is 1.62. The lowest BCUT2D eigenvalue weighted by Gasteiger charge is -2.19. The van der Waals surface area contributed by atoms with Crippen LogP contribution in [-0.4, -0.2) is 23.1 Å². The predicted molar refractivity (Wildman–Crippen MR) is 81.4 cm³/mol. The second-order valence-corrected chi connectivity index (χ2v) is 5.65. The number of nitro benzene ring substituents is 1. The molecule has 5 nitrogen and oxygen atoms in total. The topological polar surface area (TPSA) is 63.5 Å². The number of anilines is 1. The molecule has 108 valence electrons. The fourth-order valence-corrected chi connectivity index (χ4v) is 2.88. The third-order valence-electron chi connectivity index (χ3n) is 3.67. The molecule has 1 aliphatic rings. The van der Waals surface area contributed by atoms with E-state index in [2.05, 4.69) is 19.6 Å². The van der Waals surface area contributed by atoms with Crippen LogP contribution >= 0.6 is 12.6 Å². The van der Waals surface area contributed by atoms with E-state index in [1.807, 2.05) is 0 Å². The summed E-state index contributed by atoms with van der Waals surface area (Å²) in [6, 6.07) is 4.65. The van der Waals surface area contributed by atoms with E-state index in [0.29, 0.717) is 12.5 Å². The maximum atomic E-state index is 12.0. The van der Waals surface area contributed by atoms with Gasteiger partial charge in [-0.15, -0.1) is 0 Å². The van der Waals surface area contributed by atoms with E-state index in [-0.39, 0.29) is 18.0 Å². The van der Waals surface area contributed by atoms with Gasteiger partial charge >= 0.3 is 0 Å². The Kier molecular flexibility index (Phi) is 4.65. The highest BCUT2D eigenvalue weighted by Crippen LogP contribution is 2.32. The van der Waals surface area contributed by atoms with Gasteiger partial charge in [0.25, 0.3) is 5.69 Å². The summed E-state index contributed by atoms with van der Waals surface area (Å²) in [7, 11) is 0. The minimum atomic E-state index is -0.428. The Morgan fingerprint density at radius 1 is 1.45 bits per heavy atom. The summed E-state index contributed by atoms with van der Waals surface area (Å²) < 4.78 is 0. The molecule has 1 atom stereocenters. The highest BCUT2D eigenvalue weighted by Gasteiger charge is 2.28. The molecule has 1 unspecified atom stereocenters. The van der Waals surface area contributed by atoms with Crippen LogP contribution in [-0.2, 0) is 11.2 Å². The van der Waals surface area contributed by atoms with Gasteiger partial charge in [-0.1, -0.05) is 6.92 Å². The van der Waals surface area contributed by atoms with E-state index in [9.17, 15) is 14.9 Å². The van der Waals surface area contributed by atoms with Gasteiger partial charge < -0.3 is 4.90 Å². The number of amides is 1. The van der Waals surface area contributed by atoms with E-state index >= 15 is 0 Å². The quantitative estimate of drug-likeness (QED) is 0.498. The molecule has 1 aromatic rings. The molecule has 0 bridgehead atoms. The second kappa shape index (κ2) is 6.26. The Bertz CT molecular complexity index is 533. The fourth-order valence-electron chi connectivity index (χ4n) is 2.44. The Morgan fingerprint density at radius 3 is 2.85 bits per heavy atom. The number of hydrogen-bond donors (Lipinski definition) is 1. The smallest absolute Gasteiger partial charge is 0.269 e. The first-order valence-electron chi connectivity index (χ1n) is 6.71. The van der Waals surface area contributed by atoms with Crippen molar-refractivity contribution in [3.8, 4) is 0 Å². The number of hydrogen-bond acceptors (Lipinski definition) is 4. The number of thiol groups is 1. The summed E-state index contributed by atoms with van der Waals surface area (Å²) in [6.07, 6.45) is 2.21. The average molecular weight is 294 g/mol. The molecule has 0 spiro atoms.